The number of furan rings is 1. The number of ketones is 1. The summed E-state index contributed by atoms with van der Waals surface area (Å²) >= 11 is 0. The summed E-state index contributed by atoms with van der Waals surface area (Å²) in [5.74, 6) is -2.64. The number of hydrogen-bond donors (Lipinski definition) is 2. The zero-order chi connectivity index (χ0) is 43.1. The predicted molar refractivity (Wildman–Crippen MR) is 220 cm³/mol. The van der Waals surface area contributed by atoms with Crippen LogP contribution in [0.2, 0.25) is 0 Å². The van der Waals surface area contributed by atoms with Crippen molar-refractivity contribution in [2.24, 2.45) is 0 Å². The summed E-state index contributed by atoms with van der Waals surface area (Å²) in [4.78, 5) is 36.8. The van der Waals surface area contributed by atoms with E-state index in [0.717, 1.165) is 36.3 Å². The topological polar surface area (TPSA) is 189 Å². The minimum absolute atomic E-state index is 0.0486. The highest BCUT2D eigenvalue weighted by Crippen LogP contribution is 2.48. The summed E-state index contributed by atoms with van der Waals surface area (Å²) in [5, 5.41) is 12.9. The third-order valence-corrected chi connectivity index (χ3v) is 10.5. The van der Waals surface area contributed by atoms with Crippen molar-refractivity contribution in [3.05, 3.63) is 101 Å². The molecule has 1 amide bonds. The molecule has 15 nitrogen and oxygen atoms in total. The standard InChI is InChI=1S/C43H51FN2O13S/c1-4-58-43(50)38(48)27-37(47)31-7-5-29(6-8-31)28-57-24-23-56-22-21-55-20-19-54-18-17-53-16-15-46(60(3,51)52)36-26-39-35(25-34(36)30-9-10-30)40(42(49)45-2)41(59-39)32-11-13-33(44)14-12-32/h5-8,11-14,25-27,30,48H,4,9-10,15-24,28H2,1-3H3,(H,45,49). The van der Waals surface area contributed by atoms with E-state index in [1.165, 1.54) is 35.6 Å². The van der Waals surface area contributed by atoms with E-state index in [-0.39, 0.29) is 50.6 Å². The molecule has 0 radical (unpaired) electrons. The van der Waals surface area contributed by atoms with Crippen molar-refractivity contribution in [1.29, 1.82) is 0 Å². The molecule has 2 N–H and O–H groups in total. The second-order valence-electron chi connectivity index (χ2n) is 13.7. The SMILES string of the molecule is CCOC(=O)C(O)=CC(=O)c1ccc(COCCOCCOCCOCCOCCN(c2cc3oc(-c4ccc(F)cc4)c(C(=O)NC)c3cc2C2CC2)S(C)(=O)=O)cc1. The predicted octanol–water partition coefficient (Wildman–Crippen LogP) is 5.71. The third-order valence-electron chi connectivity index (χ3n) is 9.27. The first-order valence-electron chi connectivity index (χ1n) is 19.6. The number of fused-ring (bicyclic) bond motifs is 1. The molecule has 0 bridgehead atoms. The molecule has 1 aromatic heterocycles. The molecule has 0 unspecified atom stereocenters. The fraction of sp³-hybridized carbons (Fsp3) is 0.419. The number of esters is 1. The smallest absolute Gasteiger partial charge is 0.373 e. The van der Waals surface area contributed by atoms with Gasteiger partial charge in [0.15, 0.2) is 5.78 Å². The highest BCUT2D eigenvalue weighted by molar-refractivity contribution is 7.92. The van der Waals surface area contributed by atoms with Gasteiger partial charge in [-0.1, -0.05) is 24.3 Å². The molecule has 3 aromatic carbocycles. The normalized spacial score (nSPS) is 13.1. The fourth-order valence-electron chi connectivity index (χ4n) is 6.16. The molecule has 4 aromatic rings. The number of hydrogen-bond acceptors (Lipinski definition) is 13. The number of ether oxygens (including phenoxy) is 6. The maximum Gasteiger partial charge on any atom is 0.373 e. The Morgan fingerprint density at radius 1 is 0.867 bits per heavy atom. The van der Waals surface area contributed by atoms with Gasteiger partial charge >= 0.3 is 5.97 Å². The molecule has 1 heterocycles. The summed E-state index contributed by atoms with van der Waals surface area (Å²) in [5.41, 5.74) is 3.54. The van der Waals surface area contributed by atoms with Crippen LogP contribution in [0.4, 0.5) is 10.1 Å². The number of carbonyl (C=O) groups is 3. The van der Waals surface area contributed by atoms with E-state index in [4.69, 9.17) is 28.1 Å². The van der Waals surface area contributed by atoms with E-state index >= 15 is 0 Å². The van der Waals surface area contributed by atoms with Gasteiger partial charge < -0.3 is 43.3 Å². The van der Waals surface area contributed by atoms with E-state index in [9.17, 15) is 32.3 Å². The Balaban J connectivity index is 0.972. The van der Waals surface area contributed by atoms with Gasteiger partial charge in [0.1, 0.15) is 17.2 Å². The molecular formula is C43H51FN2O13S. The molecule has 0 spiro atoms. The fourth-order valence-corrected chi connectivity index (χ4v) is 7.08. The summed E-state index contributed by atoms with van der Waals surface area (Å²) < 4.78 is 80.0. The molecule has 0 atom stereocenters. The monoisotopic (exact) mass is 854 g/mol. The Labute approximate surface area is 348 Å². The number of nitrogens with one attached hydrogen (secondary N) is 1. The molecule has 1 aliphatic carbocycles. The minimum atomic E-state index is -3.74. The van der Waals surface area contributed by atoms with Crippen LogP contribution < -0.4 is 9.62 Å². The first kappa shape index (κ1) is 45.9. The minimum Gasteiger partial charge on any atom is -0.502 e. The van der Waals surface area contributed by atoms with Crippen molar-refractivity contribution >= 4 is 44.3 Å². The van der Waals surface area contributed by atoms with E-state index in [0.29, 0.717) is 79.6 Å². The number of rotatable bonds is 26. The molecule has 1 fully saturated rings. The van der Waals surface area contributed by atoms with Crippen molar-refractivity contribution in [2.75, 3.05) is 90.2 Å². The Morgan fingerprint density at radius 3 is 2.00 bits per heavy atom. The average Bonchev–Trinajstić information content (AvgIpc) is 4.01. The van der Waals surface area contributed by atoms with Crippen LogP contribution in [0.15, 0.2) is 76.9 Å². The van der Waals surface area contributed by atoms with Crippen molar-refractivity contribution in [3.63, 3.8) is 0 Å². The van der Waals surface area contributed by atoms with Gasteiger partial charge in [0.2, 0.25) is 15.8 Å². The number of allylic oxidation sites excluding steroid dienone is 1. The molecule has 0 saturated heterocycles. The quantitative estimate of drug-likeness (QED) is 0.0257. The lowest BCUT2D eigenvalue weighted by atomic mass is 10.0. The lowest BCUT2D eigenvalue weighted by Crippen LogP contribution is -2.34. The molecule has 1 saturated carbocycles. The maximum atomic E-state index is 13.7. The zero-order valence-electron chi connectivity index (χ0n) is 33.9. The van der Waals surface area contributed by atoms with Crippen LogP contribution >= 0.6 is 0 Å². The van der Waals surface area contributed by atoms with E-state index < -0.39 is 33.4 Å². The summed E-state index contributed by atoms with van der Waals surface area (Å²) in [7, 11) is -2.22. The van der Waals surface area contributed by atoms with E-state index in [1.807, 2.05) is 6.07 Å². The summed E-state index contributed by atoms with van der Waals surface area (Å²) in [6, 6.07) is 15.7. The number of aliphatic hydroxyl groups excluding tert-OH is 1. The van der Waals surface area contributed by atoms with Crippen molar-refractivity contribution < 1.29 is 65.1 Å². The van der Waals surface area contributed by atoms with Crippen LogP contribution in [0.1, 0.15) is 57.5 Å². The number of carbonyl (C=O) groups excluding carboxylic acids is 3. The Hall–Kier alpha value is -5.17. The van der Waals surface area contributed by atoms with Gasteiger partial charge in [-0.3, -0.25) is 13.9 Å². The maximum absolute atomic E-state index is 13.7. The van der Waals surface area contributed by atoms with E-state index in [1.54, 1.807) is 37.3 Å². The summed E-state index contributed by atoms with van der Waals surface area (Å²) in [6.07, 6.45) is 3.73. The van der Waals surface area contributed by atoms with Gasteiger partial charge in [-0.15, -0.1) is 0 Å². The molecule has 17 heteroatoms. The van der Waals surface area contributed by atoms with Gasteiger partial charge in [-0.2, -0.15) is 0 Å². The zero-order valence-corrected chi connectivity index (χ0v) is 34.7. The number of anilines is 1. The second-order valence-corrected chi connectivity index (χ2v) is 15.6. The highest BCUT2D eigenvalue weighted by atomic mass is 32.2. The van der Waals surface area contributed by atoms with Gasteiger partial charge in [-0.05, 0) is 67.1 Å². The molecule has 1 aliphatic rings. The number of halogens is 1. The van der Waals surface area contributed by atoms with Crippen molar-refractivity contribution in [1.82, 2.24) is 5.32 Å². The van der Waals surface area contributed by atoms with Crippen LogP contribution in [0.3, 0.4) is 0 Å². The Morgan fingerprint density at radius 2 is 1.45 bits per heavy atom. The first-order valence-corrected chi connectivity index (χ1v) is 21.4. The van der Waals surface area contributed by atoms with Gasteiger partial charge in [0, 0.05) is 35.7 Å². The van der Waals surface area contributed by atoms with Gasteiger partial charge in [0.25, 0.3) is 5.91 Å². The molecular weight excluding hydrogens is 804 g/mol. The lowest BCUT2D eigenvalue weighted by Gasteiger charge is -2.25. The van der Waals surface area contributed by atoms with E-state index in [2.05, 4.69) is 10.1 Å². The number of aliphatic hydroxyl groups is 1. The molecule has 60 heavy (non-hydrogen) atoms. The number of sulfonamides is 1. The number of benzene rings is 3. The number of amides is 1. The lowest BCUT2D eigenvalue weighted by molar-refractivity contribution is -0.141. The highest BCUT2D eigenvalue weighted by Gasteiger charge is 2.33. The average molecular weight is 855 g/mol. The van der Waals surface area contributed by atoms with Crippen LogP contribution in [0, 0.1) is 5.82 Å². The van der Waals surface area contributed by atoms with Gasteiger partial charge in [0.05, 0.1) is 96.7 Å². The molecule has 0 aliphatic heterocycles. The Kier molecular flexibility index (Phi) is 17.2. The van der Waals surface area contributed by atoms with Crippen molar-refractivity contribution in [3.8, 4) is 11.3 Å². The largest absolute Gasteiger partial charge is 0.502 e. The second kappa shape index (κ2) is 22.4. The molecule has 324 valence electrons. The first-order chi connectivity index (χ1) is 28.9. The van der Waals surface area contributed by atoms with Crippen LogP contribution in [-0.4, -0.2) is 117 Å². The summed E-state index contributed by atoms with van der Waals surface area (Å²) in [6.45, 7) is 4.79. The van der Waals surface area contributed by atoms with Gasteiger partial charge in [-0.25, -0.2) is 17.6 Å². The third kappa shape index (κ3) is 13.2. The van der Waals surface area contributed by atoms with Crippen molar-refractivity contribution in [2.45, 2.75) is 32.3 Å². The molecule has 5 rings (SSSR count). The Bertz CT molecular complexity index is 2200. The van der Waals surface area contributed by atoms with Crippen LogP contribution in [0.25, 0.3) is 22.3 Å². The van der Waals surface area contributed by atoms with Crippen LogP contribution in [0.5, 0.6) is 0 Å². The van der Waals surface area contributed by atoms with Crippen LogP contribution in [-0.2, 0) is 49.8 Å². The number of nitrogens with zero attached hydrogens (tertiary/aromatic N) is 1.